The molecule has 0 spiro atoms. The molecule has 2 heteroatoms. The summed E-state index contributed by atoms with van der Waals surface area (Å²) in [7, 11) is 0. The molecule has 1 N–H and O–H groups in total. The number of hydrogen-bond donors (Lipinski definition) is 1. The molecule has 0 saturated heterocycles. The van der Waals surface area contributed by atoms with Gasteiger partial charge in [0.1, 0.15) is 5.78 Å². The minimum absolute atomic E-state index is 0.0948. The van der Waals surface area contributed by atoms with Crippen molar-refractivity contribution in [2.75, 3.05) is 0 Å². The highest BCUT2D eigenvalue weighted by Crippen LogP contribution is 2.12. The number of rotatable bonds is 4. The number of ketones is 1. The Labute approximate surface area is 68.6 Å². The zero-order valence-corrected chi connectivity index (χ0v) is 7.85. The summed E-state index contributed by atoms with van der Waals surface area (Å²) in [5, 5.41) is 9.30. The van der Waals surface area contributed by atoms with Gasteiger partial charge in [0.25, 0.3) is 0 Å². The lowest BCUT2D eigenvalue weighted by atomic mass is 9.97. The Kier molecular flexibility index (Phi) is 3.73. The first-order chi connectivity index (χ1) is 4.83. The third kappa shape index (κ3) is 6.05. The van der Waals surface area contributed by atoms with Crippen LogP contribution in [-0.4, -0.2) is 16.5 Å². The van der Waals surface area contributed by atoms with Crippen LogP contribution in [0.2, 0.25) is 0 Å². The number of aliphatic hydroxyl groups is 1. The van der Waals surface area contributed by atoms with Crippen LogP contribution in [0.4, 0.5) is 0 Å². The fraction of sp³-hybridized carbons (Fsp3) is 0.889. The standard InChI is InChI=1S/C9H18O2/c1-7(2)8(10)5-6-9(3,4)11/h7,11H,5-6H2,1-4H3. The summed E-state index contributed by atoms with van der Waals surface area (Å²) in [4.78, 5) is 11.1. The number of hydrogen-bond acceptors (Lipinski definition) is 2. The van der Waals surface area contributed by atoms with Gasteiger partial charge in [0.2, 0.25) is 0 Å². The average Bonchev–Trinajstić information content (AvgIpc) is 1.80. The highest BCUT2D eigenvalue weighted by Gasteiger charge is 2.15. The molecule has 0 amide bonds. The minimum atomic E-state index is -0.704. The summed E-state index contributed by atoms with van der Waals surface area (Å²) >= 11 is 0. The fourth-order valence-electron chi connectivity index (χ4n) is 0.718. The molecule has 11 heavy (non-hydrogen) atoms. The lowest BCUT2D eigenvalue weighted by molar-refractivity contribution is -0.123. The molecule has 2 nitrogen and oxygen atoms in total. The Morgan fingerprint density at radius 1 is 1.45 bits per heavy atom. The van der Waals surface area contributed by atoms with Gasteiger partial charge in [-0.05, 0) is 20.3 Å². The predicted octanol–water partition coefficient (Wildman–Crippen LogP) is 1.76. The van der Waals surface area contributed by atoms with E-state index in [0.29, 0.717) is 12.8 Å². The first-order valence-electron chi connectivity index (χ1n) is 4.08. The second kappa shape index (κ2) is 3.86. The van der Waals surface area contributed by atoms with Gasteiger partial charge in [-0.3, -0.25) is 4.79 Å². The predicted molar refractivity (Wildman–Crippen MR) is 45.4 cm³/mol. The molecule has 66 valence electrons. The second-order valence-electron chi connectivity index (χ2n) is 3.93. The first kappa shape index (κ1) is 10.6. The quantitative estimate of drug-likeness (QED) is 0.677. The third-order valence-corrected chi connectivity index (χ3v) is 1.63. The normalized spacial score (nSPS) is 12.2. The van der Waals surface area contributed by atoms with E-state index in [2.05, 4.69) is 0 Å². The van der Waals surface area contributed by atoms with Crippen molar-refractivity contribution in [1.82, 2.24) is 0 Å². The van der Waals surface area contributed by atoms with Gasteiger partial charge in [0.15, 0.2) is 0 Å². The van der Waals surface area contributed by atoms with Crippen LogP contribution in [0.15, 0.2) is 0 Å². The zero-order chi connectivity index (χ0) is 9.07. The summed E-state index contributed by atoms with van der Waals surface area (Å²) in [5.41, 5.74) is -0.704. The minimum Gasteiger partial charge on any atom is -0.390 e. The van der Waals surface area contributed by atoms with Gasteiger partial charge in [-0.1, -0.05) is 13.8 Å². The summed E-state index contributed by atoms with van der Waals surface area (Å²) in [6, 6.07) is 0. The molecule has 0 unspecified atom stereocenters. The second-order valence-corrected chi connectivity index (χ2v) is 3.93. The molecule has 0 rings (SSSR count). The Morgan fingerprint density at radius 2 is 1.91 bits per heavy atom. The van der Waals surface area contributed by atoms with Crippen LogP contribution in [0.25, 0.3) is 0 Å². The van der Waals surface area contributed by atoms with Crippen molar-refractivity contribution >= 4 is 5.78 Å². The van der Waals surface area contributed by atoms with E-state index in [1.807, 2.05) is 13.8 Å². The van der Waals surface area contributed by atoms with Crippen LogP contribution in [0.5, 0.6) is 0 Å². The van der Waals surface area contributed by atoms with Crippen molar-refractivity contribution in [3.8, 4) is 0 Å². The average molecular weight is 158 g/mol. The molecule has 0 heterocycles. The van der Waals surface area contributed by atoms with E-state index in [1.54, 1.807) is 13.8 Å². The van der Waals surface area contributed by atoms with E-state index in [-0.39, 0.29) is 11.7 Å². The molecular formula is C9H18O2. The van der Waals surface area contributed by atoms with E-state index in [9.17, 15) is 9.90 Å². The molecule has 0 aromatic rings. The summed E-state index contributed by atoms with van der Waals surface area (Å²) in [6.45, 7) is 7.21. The summed E-state index contributed by atoms with van der Waals surface area (Å²) in [5.74, 6) is 0.324. The van der Waals surface area contributed by atoms with E-state index >= 15 is 0 Å². The topological polar surface area (TPSA) is 37.3 Å². The van der Waals surface area contributed by atoms with Crippen LogP contribution < -0.4 is 0 Å². The monoisotopic (exact) mass is 158 g/mol. The highest BCUT2D eigenvalue weighted by atomic mass is 16.3. The molecule has 0 aliphatic heterocycles. The van der Waals surface area contributed by atoms with Crippen molar-refractivity contribution in [1.29, 1.82) is 0 Å². The van der Waals surface area contributed by atoms with E-state index < -0.39 is 5.60 Å². The van der Waals surface area contributed by atoms with Crippen LogP contribution in [0.1, 0.15) is 40.5 Å². The molecule has 0 aromatic carbocycles. The molecule has 0 bridgehead atoms. The van der Waals surface area contributed by atoms with Crippen molar-refractivity contribution < 1.29 is 9.90 Å². The zero-order valence-electron chi connectivity index (χ0n) is 7.85. The van der Waals surface area contributed by atoms with Crippen LogP contribution >= 0.6 is 0 Å². The first-order valence-corrected chi connectivity index (χ1v) is 4.08. The van der Waals surface area contributed by atoms with Crippen molar-refractivity contribution in [3.05, 3.63) is 0 Å². The van der Waals surface area contributed by atoms with Gasteiger partial charge >= 0.3 is 0 Å². The maximum Gasteiger partial charge on any atom is 0.135 e. The molecule has 0 aromatic heterocycles. The lowest BCUT2D eigenvalue weighted by Crippen LogP contribution is -2.21. The number of carbonyl (C=O) groups excluding carboxylic acids is 1. The summed E-state index contributed by atoms with van der Waals surface area (Å²) in [6.07, 6.45) is 1.05. The van der Waals surface area contributed by atoms with Crippen molar-refractivity contribution in [3.63, 3.8) is 0 Å². The number of carbonyl (C=O) groups is 1. The Balaban J connectivity index is 3.64. The maximum absolute atomic E-state index is 11.1. The SMILES string of the molecule is CC(C)C(=O)CCC(C)(C)O. The van der Waals surface area contributed by atoms with Gasteiger partial charge in [-0.15, -0.1) is 0 Å². The van der Waals surface area contributed by atoms with Crippen LogP contribution in [-0.2, 0) is 4.79 Å². The maximum atomic E-state index is 11.1. The van der Waals surface area contributed by atoms with Gasteiger partial charge in [-0.2, -0.15) is 0 Å². The van der Waals surface area contributed by atoms with Crippen LogP contribution in [0.3, 0.4) is 0 Å². The Bertz CT molecular complexity index is 131. The largest absolute Gasteiger partial charge is 0.390 e. The highest BCUT2D eigenvalue weighted by molar-refractivity contribution is 5.80. The molecule has 0 aliphatic carbocycles. The van der Waals surface area contributed by atoms with Gasteiger partial charge in [-0.25, -0.2) is 0 Å². The van der Waals surface area contributed by atoms with Crippen molar-refractivity contribution in [2.45, 2.75) is 46.1 Å². The van der Waals surface area contributed by atoms with E-state index in [4.69, 9.17) is 0 Å². The smallest absolute Gasteiger partial charge is 0.135 e. The number of Topliss-reactive ketones (excluding diaryl/α,β-unsaturated/α-hetero) is 1. The molecule has 0 atom stereocenters. The van der Waals surface area contributed by atoms with Gasteiger partial charge < -0.3 is 5.11 Å². The Hall–Kier alpha value is -0.370. The lowest BCUT2D eigenvalue weighted by Gasteiger charge is -2.16. The van der Waals surface area contributed by atoms with E-state index in [0.717, 1.165) is 0 Å². The van der Waals surface area contributed by atoms with Crippen LogP contribution in [0, 0.1) is 5.92 Å². The molecule has 0 fully saturated rings. The summed E-state index contributed by atoms with van der Waals surface area (Å²) < 4.78 is 0. The van der Waals surface area contributed by atoms with E-state index in [1.165, 1.54) is 0 Å². The molecule has 0 saturated carbocycles. The van der Waals surface area contributed by atoms with Crippen molar-refractivity contribution in [2.24, 2.45) is 5.92 Å². The van der Waals surface area contributed by atoms with Gasteiger partial charge in [0.05, 0.1) is 5.60 Å². The molecule has 0 aliphatic rings. The fourth-order valence-corrected chi connectivity index (χ4v) is 0.718. The van der Waals surface area contributed by atoms with Gasteiger partial charge in [0, 0.05) is 12.3 Å². The molecule has 0 radical (unpaired) electrons. The molecular weight excluding hydrogens is 140 g/mol. The third-order valence-electron chi connectivity index (χ3n) is 1.63. The Morgan fingerprint density at radius 3 is 2.18 bits per heavy atom.